The molecule has 0 saturated carbocycles. The SMILES string of the molecule is COc1ccc2cc(COC(=O)c3ccccn3)ccc2c1. The summed E-state index contributed by atoms with van der Waals surface area (Å²) in [5, 5.41) is 2.16. The highest BCUT2D eigenvalue weighted by Crippen LogP contribution is 2.22. The Morgan fingerprint density at radius 2 is 1.86 bits per heavy atom. The Morgan fingerprint density at radius 1 is 1.05 bits per heavy atom. The molecule has 0 amide bonds. The van der Waals surface area contributed by atoms with Gasteiger partial charge in [0.1, 0.15) is 18.1 Å². The number of hydrogen-bond acceptors (Lipinski definition) is 4. The van der Waals surface area contributed by atoms with Crippen molar-refractivity contribution in [3.63, 3.8) is 0 Å². The first-order valence-corrected chi connectivity index (χ1v) is 6.91. The highest BCUT2D eigenvalue weighted by atomic mass is 16.5. The second-order valence-electron chi connectivity index (χ2n) is 4.84. The van der Waals surface area contributed by atoms with Crippen molar-refractivity contribution in [1.82, 2.24) is 4.98 Å². The maximum absolute atomic E-state index is 11.9. The number of carbonyl (C=O) groups excluding carboxylic acids is 1. The summed E-state index contributed by atoms with van der Waals surface area (Å²) in [6, 6.07) is 16.9. The van der Waals surface area contributed by atoms with Crippen molar-refractivity contribution in [3.05, 3.63) is 72.1 Å². The summed E-state index contributed by atoms with van der Waals surface area (Å²) in [6.45, 7) is 0.220. The summed E-state index contributed by atoms with van der Waals surface area (Å²) in [5.74, 6) is 0.400. The maximum Gasteiger partial charge on any atom is 0.357 e. The van der Waals surface area contributed by atoms with E-state index in [0.717, 1.165) is 22.1 Å². The third-order valence-corrected chi connectivity index (χ3v) is 3.36. The number of fused-ring (bicyclic) bond motifs is 1. The van der Waals surface area contributed by atoms with E-state index in [9.17, 15) is 4.79 Å². The van der Waals surface area contributed by atoms with Gasteiger partial charge in [-0.3, -0.25) is 0 Å². The van der Waals surface area contributed by atoms with Gasteiger partial charge in [0.15, 0.2) is 0 Å². The van der Waals surface area contributed by atoms with Gasteiger partial charge < -0.3 is 9.47 Å². The Labute approximate surface area is 128 Å². The van der Waals surface area contributed by atoms with E-state index in [1.54, 1.807) is 31.5 Å². The smallest absolute Gasteiger partial charge is 0.357 e. The minimum Gasteiger partial charge on any atom is -0.497 e. The Balaban J connectivity index is 1.73. The van der Waals surface area contributed by atoms with E-state index in [-0.39, 0.29) is 6.61 Å². The van der Waals surface area contributed by atoms with Gasteiger partial charge in [-0.25, -0.2) is 9.78 Å². The van der Waals surface area contributed by atoms with Crippen molar-refractivity contribution in [2.75, 3.05) is 7.11 Å². The Hall–Kier alpha value is -2.88. The number of methoxy groups -OCH3 is 1. The van der Waals surface area contributed by atoms with E-state index < -0.39 is 5.97 Å². The number of esters is 1. The van der Waals surface area contributed by atoms with Crippen molar-refractivity contribution in [2.45, 2.75) is 6.61 Å². The molecule has 110 valence electrons. The molecule has 0 aliphatic heterocycles. The molecule has 0 saturated heterocycles. The quantitative estimate of drug-likeness (QED) is 0.690. The maximum atomic E-state index is 11.9. The lowest BCUT2D eigenvalue weighted by Gasteiger charge is -2.07. The van der Waals surface area contributed by atoms with Gasteiger partial charge in [0, 0.05) is 6.20 Å². The summed E-state index contributed by atoms with van der Waals surface area (Å²) in [7, 11) is 1.65. The molecule has 1 heterocycles. The monoisotopic (exact) mass is 293 g/mol. The van der Waals surface area contributed by atoms with Crippen LogP contribution >= 0.6 is 0 Å². The van der Waals surface area contributed by atoms with Crippen LogP contribution in [0.5, 0.6) is 5.75 Å². The van der Waals surface area contributed by atoms with E-state index in [4.69, 9.17) is 9.47 Å². The highest BCUT2D eigenvalue weighted by Gasteiger charge is 2.08. The zero-order chi connectivity index (χ0) is 15.4. The molecule has 0 spiro atoms. The average Bonchev–Trinajstić information content (AvgIpc) is 2.59. The van der Waals surface area contributed by atoms with Crippen LogP contribution in [0.25, 0.3) is 10.8 Å². The molecule has 0 radical (unpaired) electrons. The number of ether oxygens (including phenoxy) is 2. The second-order valence-corrected chi connectivity index (χ2v) is 4.84. The lowest BCUT2D eigenvalue weighted by atomic mass is 10.1. The lowest BCUT2D eigenvalue weighted by molar-refractivity contribution is 0.0466. The van der Waals surface area contributed by atoms with E-state index in [2.05, 4.69) is 4.98 Å². The molecule has 3 rings (SSSR count). The molecule has 0 fully saturated rings. The number of carbonyl (C=O) groups is 1. The van der Waals surface area contributed by atoms with Gasteiger partial charge in [-0.1, -0.05) is 24.3 Å². The van der Waals surface area contributed by atoms with Crippen LogP contribution in [0.15, 0.2) is 60.8 Å². The summed E-state index contributed by atoms with van der Waals surface area (Å²) >= 11 is 0. The van der Waals surface area contributed by atoms with Crippen LogP contribution in [0.2, 0.25) is 0 Å². The molecule has 0 atom stereocenters. The number of pyridine rings is 1. The fourth-order valence-electron chi connectivity index (χ4n) is 2.20. The van der Waals surface area contributed by atoms with Crippen LogP contribution < -0.4 is 4.74 Å². The summed E-state index contributed by atoms with van der Waals surface area (Å²) in [4.78, 5) is 15.8. The molecule has 1 aromatic heterocycles. The standard InChI is InChI=1S/C18H15NO3/c1-21-16-8-7-14-10-13(5-6-15(14)11-16)12-22-18(20)17-4-2-3-9-19-17/h2-11H,12H2,1H3. The molecule has 4 heteroatoms. The second kappa shape index (κ2) is 6.26. The van der Waals surface area contributed by atoms with Gasteiger partial charge >= 0.3 is 5.97 Å². The molecule has 2 aromatic carbocycles. The van der Waals surface area contributed by atoms with Crippen LogP contribution in [0.4, 0.5) is 0 Å². The van der Waals surface area contributed by atoms with Gasteiger partial charge in [0.05, 0.1) is 7.11 Å². The summed E-state index contributed by atoms with van der Waals surface area (Å²) in [5.41, 5.74) is 1.25. The van der Waals surface area contributed by atoms with Gasteiger partial charge in [0.2, 0.25) is 0 Å². The van der Waals surface area contributed by atoms with Crippen LogP contribution in [-0.4, -0.2) is 18.1 Å². The van der Waals surface area contributed by atoms with Crippen molar-refractivity contribution in [1.29, 1.82) is 0 Å². The third-order valence-electron chi connectivity index (χ3n) is 3.36. The van der Waals surface area contributed by atoms with Crippen LogP contribution in [0, 0.1) is 0 Å². The Kier molecular flexibility index (Phi) is 4.01. The van der Waals surface area contributed by atoms with Crippen molar-refractivity contribution in [2.24, 2.45) is 0 Å². The summed E-state index contributed by atoms with van der Waals surface area (Å²) < 4.78 is 10.5. The van der Waals surface area contributed by atoms with Gasteiger partial charge in [-0.15, -0.1) is 0 Å². The summed E-state index contributed by atoms with van der Waals surface area (Å²) in [6.07, 6.45) is 1.57. The normalized spacial score (nSPS) is 10.4. The minimum atomic E-state index is -0.421. The van der Waals surface area contributed by atoms with Gasteiger partial charge in [0.25, 0.3) is 0 Å². The van der Waals surface area contributed by atoms with Crippen molar-refractivity contribution in [3.8, 4) is 5.75 Å². The molecular formula is C18H15NO3. The fourth-order valence-corrected chi connectivity index (χ4v) is 2.20. The first kappa shape index (κ1) is 14.1. The first-order valence-electron chi connectivity index (χ1n) is 6.91. The molecule has 0 unspecified atom stereocenters. The molecule has 0 aliphatic rings. The average molecular weight is 293 g/mol. The first-order chi connectivity index (χ1) is 10.8. The minimum absolute atomic E-state index is 0.220. The van der Waals surface area contributed by atoms with E-state index in [1.165, 1.54) is 0 Å². The van der Waals surface area contributed by atoms with E-state index >= 15 is 0 Å². The number of aromatic nitrogens is 1. The lowest BCUT2D eigenvalue weighted by Crippen LogP contribution is -2.06. The highest BCUT2D eigenvalue weighted by molar-refractivity contribution is 5.87. The molecule has 4 nitrogen and oxygen atoms in total. The molecular weight excluding hydrogens is 278 g/mol. The molecule has 0 N–H and O–H groups in total. The van der Waals surface area contributed by atoms with Crippen LogP contribution in [0.3, 0.4) is 0 Å². The van der Waals surface area contributed by atoms with Crippen molar-refractivity contribution >= 4 is 16.7 Å². The molecule has 3 aromatic rings. The van der Waals surface area contributed by atoms with Crippen molar-refractivity contribution < 1.29 is 14.3 Å². The predicted molar refractivity (Wildman–Crippen MR) is 83.9 cm³/mol. The predicted octanol–water partition coefficient (Wildman–Crippen LogP) is 3.60. The van der Waals surface area contributed by atoms with Gasteiger partial charge in [-0.05, 0) is 46.7 Å². The third kappa shape index (κ3) is 3.06. The van der Waals surface area contributed by atoms with Crippen LogP contribution in [0.1, 0.15) is 16.1 Å². The zero-order valence-corrected chi connectivity index (χ0v) is 12.2. The van der Waals surface area contributed by atoms with E-state index in [0.29, 0.717) is 5.69 Å². The molecule has 0 aliphatic carbocycles. The van der Waals surface area contributed by atoms with E-state index in [1.807, 2.05) is 36.4 Å². The number of benzene rings is 2. The molecule has 22 heavy (non-hydrogen) atoms. The van der Waals surface area contributed by atoms with Gasteiger partial charge in [-0.2, -0.15) is 0 Å². The molecule has 0 bridgehead atoms. The topological polar surface area (TPSA) is 48.4 Å². The number of nitrogens with zero attached hydrogens (tertiary/aromatic N) is 1. The van der Waals surface area contributed by atoms with Crippen LogP contribution in [-0.2, 0) is 11.3 Å². The zero-order valence-electron chi connectivity index (χ0n) is 12.2. The largest absolute Gasteiger partial charge is 0.497 e. The number of hydrogen-bond donors (Lipinski definition) is 0. The Bertz CT molecular complexity index is 800. The fraction of sp³-hybridized carbons (Fsp3) is 0.111. The number of rotatable bonds is 4. The Morgan fingerprint density at radius 3 is 2.64 bits per heavy atom.